The molecule has 1 saturated heterocycles. The van der Waals surface area contributed by atoms with Gasteiger partial charge in [0.15, 0.2) is 5.75 Å². The molecule has 1 aliphatic rings. The number of rotatable bonds is 4. The maximum absolute atomic E-state index is 12.8. The van der Waals surface area contributed by atoms with Crippen LogP contribution in [0.3, 0.4) is 0 Å². The summed E-state index contributed by atoms with van der Waals surface area (Å²) in [6.07, 6.45) is 1.32. The molecule has 1 aliphatic heterocycles. The van der Waals surface area contributed by atoms with E-state index in [1.165, 1.54) is 18.2 Å². The predicted molar refractivity (Wildman–Crippen MR) is 111 cm³/mol. The van der Waals surface area contributed by atoms with E-state index in [1.54, 1.807) is 31.2 Å². The van der Waals surface area contributed by atoms with E-state index in [9.17, 15) is 14.4 Å². The molecule has 0 saturated carbocycles. The molecular weight excluding hydrogens is 471 g/mol. The van der Waals surface area contributed by atoms with E-state index in [2.05, 4.69) is 21.2 Å². The Labute approximate surface area is 179 Å². The summed E-state index contributed by atoms with van der Waals surface area (Å²) >= 11 is 15.6. The molecule has 3 rings (SSSR count). The lowest BCUT2D eigenvalue weighted by Gasteiger charge is -2.26. The lowest BCUT2D eigenvalue weighted by atomic mass is 10.1. The molecule has 4 amide bonds. The van der Waals surface area contributed by atoms with Gasteiger partial charge >= 0.3 is 6.03 Å². The molecule has 28 heavy (non-hydrogen) atoms. The first-order valence-electron chi connectivity index (χ1n) is 8.10. The molecule has 0 radical (unpaired) electrons. The standard InChI is InChI=1S/C19H13BrCl2N2O4/c1-2-28-16-14(21)8-10(9-15(16)22)7-13-17(25)23-19(27)24(18(13)26)12-5-3-11(20)4-6-12/h3-9H,2H2,1H3,(H,23,25,27)/b13-7+. The zero-order valence-corrected chi connectivity index (χ0v) is 17.6. The van der Waals surface area contributed by atoms with Crippen LogP contribution in [0.5, 0.6) is 5.75 Å². The lowest BCUT2D eigenvalue weighted by molar-refractivity contribution is -0.122. The summed E-state index contributed by atoms with van der Waals surface area (Å²) in [6, 6.07) is 8.75. The summed E-state index contributed by atoms with van der Waals surface area (Å²) in [6.45, 7) is 2.17. The number of carbonyl (C=O) groups is 3. The maximum Gasteiger partial charge on any atom is 0.335 e. The largest absolute Gasteiger partial charge is 0.491 e. The number of urea groups is 1. The third kappa shape index (κ3) is 4.06. The molecule has 0 unspecified atom stereocenters. The number of hydrogen-bond donors (Lipinski definition) is 1. The third-order valence-corrected chi connectivity index (χ3v) is 4.90. The molecular formula is C19H13BrCl2N2O4. The highest BCUT2D eigenvalue weighted by Crippen LogP contribution is 2.35. The van der Waals surface area contributed by atoms with Crippen LogP contribution in [0, 0.1) is 0 Å². The zero-order chi connectivity index (χ0) is 20.4. The highest BCUT2D eigenvalue weighted by atomic mass is 79.9. The maximum atomic E-state index is 12.8. The molecule has 0 bridgehead atoms. The number of benzene rings is 2. The summed E-state index contributed by atoms with van der Waals surface area (Å²) in [5.74, 6) is -1.24. The number of anilines is 1. The second-order valence-electron chi connectivity index (χ2n) is 5.68. The first-order chi connectivity index (χ1) is 13.3. The molecule has 2 aromatic carbocycles. The monoisotopic (exact) mass is 482 g/mol. The van der Waals surface area contributed by atoms with Crippen molar-refractivity contribution in [3.8, 4) is 5.75 Å². The van der Waals surface area contributed by atoms with Crippen molar-refractivity contribution in [3.05, 3.63) is 62.1 Å². The number of hydrogen-bond acceptors (Lipinski definition) is 4. The summed E-state index contributed by atoms with van der Waals surface area (Å²) in [5, 5.41) is 2.64. The average molecular weight is 484 g/mol. The third-order valence-electron chi connectivity index (χ3n) is 3.81. The van der Waals surface area contributed by atoms with Gasteiger partial charge in [-0.2, -0.15) is 0 Å². The Bertz CT molecular complexity index is 982. The number of halogens is 3. The highest BCUT2D eigenvalue weighted by Gasteiger charge is 2.36. The Morgan fingerprint density at radius 3 is 2.29 bits per heavy atom. The molecule has 0 aromatic heterocycles. The summed E-state index contributed by atoms with van der Waals surface area (Å²) in [4.78, 5) is 38.2. The van der Waals surface area contributed by atoms with Crippen LogP contribution < -0.4 is 15.0 Å². The molecule has 9 heteroatoms. The summed E-state index contributed by atoms with van der Waals surface area (Å²) in [7, 11) is 0. The minimum Gasteiger partial charge on any atom is -0.491 e. The Balaban J connectivity index is 2.00. The Kier molecular flexibility index (Phi) is 6.07. The summed E-state index contributed by atoms with van der Waals surface area (Å²) in [5.41, 5.74) is 0.521. The first kappa shape index (κ1) is 20.4. The molecule has 6 nitrogen and oxygen atoms in total. The fourth-order valence-electron chi connectivity index (χ4n) is 2.59. The topological polar surface area (TPSA) is 75.7 Å². The van der Waals surface area contributed by atoms with Gasteiger partial charge in [0.05, 0.1) is 22.3 Å². The van der Waals surface area contributed by atoms with E-state index < -0.39 is 17.8 Å². The molecule has 0 atom stereocenters. The van der Waals surface area contributed by atoms with Crippen LogP contribution in [0.15, 0.2) is 46.4 Å². The van der Waals surface area contributed by atoms with Crippen molar-refractivity contribution >= 4 is 68.7 Å². The van der Waals surface area contributed by atoms with Crippen LogP contribution in [-0.2, 0) is 9.59 Å². The van der Waals surface area contributed by atoms with E-state index >= 15 is 0 Å². The zero-order valence-electron chi connectivity index (χ0n) is 14.5. The minimum atomic E-state index is -0.822. The lowest BCUT2D eigenvalue weighted by Crippen LogP contribution is -2.54. The predicted octanol–water partition coefficient (Wildman–Crippen LogP) is 4.82. The average Bonchev–Trinajstić information content (AvgIpc) is 2.63. The van der Waals surface area contributed by atoms with Crippen molar-refractivity contribution in [2.24, 2.45) is 0 Å². The Morgan fingerprint density at radius 1 is 1.11 bits per heavy atom. The van der Waals surface area contributed by atoms with Crippen LogP contribution in [0.4, 0.5) is 10.5 Å². The molecule has 2 aromatic rings. The fourth-order valence-corrected chi connectivity index (χ4v) is 3.47. The normalized spacial score (nSPS) is 15.8. The molecule has 1 heterocycles. The summed E-state index contributed by atoms with van der Waals surface area (Å²) < 4.78 is 6.15. The van der Waals surface area contributed by atoms with Gasteiger partial charge in [-0.25, -0.2) is 9.69 Å². The van der Waals surface area contributed by atoms with Crippen molar-refractivity contribution in [1.29, 1.82) is 0 Å². The van der Waals surface area contributed by atoms with E-state index in [4.69, 9.17) is 27.9 Å². The van der Waals surface area contributed by atoms with Crippen molar-refractivity contribution < 1.29 is 19.1 Å². The van der Waals surface area contributed by atoms with E-state index in [0.717, 1.165) is 9.37 Å². The van der Waals surface area contributed by atoms with Gasteiger partial charge in [0.25, 0.3) is 11.8 Å². The fraction of sp³-hybridized carbons (Fsp3) is 0.105. The van der Waals surface area contributed by atoms with Crippen LogP contribution >= 0.6 is 39.1 Å². The first-order valence-corrected chi connectivity index (χ1v) is 9.65. The number of nitrogens with zero attached hydrogens (tertiary/aromatic N) is 1. The van der Waals surface area contributed by atoms with Gasteiger partial charge in [-0.1, -0.05) is 39.1 Å². The minimum absolute atomic E-state index is 0.223. The number of amides is 4. The molecule has 1 fully saturated rings. The van der Waals surface area contributed by atoms with E-state index in [0.29, 0.717) is 23.6 Å². The molecule has 144 valence electrons. The smallest absolute Gasteiger partial charge is 0.335 e. The van der Waals surface area contributed by atoms with Gasteiger partial charge < -0.3 is 4.74 Å². The van der Waals surface area contributed by atoms with Crippen LogP contribution in [0.25, 0.3) is 6.08 Å². The van der Waals surface area contributed by atoms with Crippen molar-refractivity contribution in [3.63, 3.8) is 0 Å². The second kappa shape index (κ2) is 8.34. The number of barbiturate groups is 1. The van der Waals surface area contributed by atoms with Gasteiger partial charge in [0.2, 0.25) is 0 Å². The SMILES string of the molecule is CCOc1c(Cl)cc(/C=C2\C(=O)NC(=O)N(c3ccc(Br)cc3)C2=O)cc1Cl. The van der Waals surface area contributed by atoms with Gasteiger partial charge in [-0.15, -0.1) is 0 Å². The van der Waals surface area contributed by atoms with Crippen LogP contribution in [-0.4, -0.2) is 24.5 Å². The molecule has 0 aliphatic carbocycles. The number of nitrogens with one attached hydrogen (secondary N) is 1. The second-order valence-corrected chi connectivity index (χ2v) is 7.41. The number of imide groups is 2. The quantitative estimate of drug-likeness (QED) is 0.499. The van der Waals surface area contributed by atoms with Gasteiger partial charge in [-0.05, 0) is 55.0 Å². The van der Waals surface area contributed by atoms with Crippen molar-refractivity contribution in [1.82, 2.24) is 5.32 Å². The van der Waals surface area contributed by atoms with Crippen LogP contribution in [0.2, 0.25) is 10.0 Å². The van der Waals surface area contributed by atoms with Gasteiger partial charge in [0.1, 0.15) is 5.57 Å². The molecule has 1 N–H and O–H groups in total. The van der Waals surface area contributed by atoms with Crippen LogP contribution in [0.1, 0.15) is 12.5 Å². The van der Waals surface area contributed by atoms with E-state index in [-0.39, 0.29) is 15.6 Å². The number of ether oxygens (including phenoxy) is 1. The van der Waals surface area contributed by atoms with Gasteiger partial charge in [0, 0.05) is 4.47 Å². The number of carbonyl (C=O) groups excluding carboxylic acids is 3. The van der Waals surface area contributed by atoms with Gasteiger partial charge in [-0.3, -0.25) is 14.9 Å². The van der Waals surface area contributed by atoms with E-state index in [1.807, 2.05) is 0 Å². The van der Waals surface area contributed by atoms with Crippen molar-refractivity contribution in [2.75, 3.05) is 11.5 Å². The molecule has 0 spiro atoms. The Morgan fingerprint density at radius 2 is 1.71 bits per heavy atom. The Hall–Kier alpha value is -2.35. The highest BCUT2D eigenvalue weighted by molar-refractivity contribution is 9.10. The van der Waals surface area contributed by atoms with Crippen molar-refractivity contribution in [2.45, 2.75) is 6.92 Å².